The number of amides is 1. The van der Waals surface area contributed by atoms with E-state index in [4.69, 9.17) is 0 Å². The van der Waals surface area contributed by atoms with E-state index in [-0.39, 0.29) is 17.5 Å². The number of hydrogen-bond acceptors (Lipinski definition) is 3. The van der Waals surface area contributed by atoms with Crippen molar-refractivity contribution < 1.29 is 4.79 Å². The molecule has 0 aliphatic heterocycles. The van der Waals surface area contributed by atoms with Gasteiger partial charge in [0.05, 0.1) is 0 Å². The van der Waals surface area contributed by atoms with Crippen molar-refractivity contribution in [2.75, 3.05) is 0 Å². The number of nitrogens with one attached hydrogen (secondary N) is 2. The molecule has 0 atom stereocenters. The first kappa shape index (κ1) is 22.0. The van der Waals surface area contributed by atoms with Gasteiger partial charge in [0.2, 0.25) is 0 Å². The van der Waals surface area contributed by atoms with Crippen molar-refractivity contribution in [3.05, 3.63) is 47.2 Å². The summed E-state index contributed by atoms with van der Waals surface area (Å²) < 4.78 is 0. The minimum absolute atomic E-state index is 0.151. The van der Waals surface area contributed by atoms with Gasteiger partial charge in [-0.05, 0) is 25.3 Å². The third-order valence-corrected chi connectivity index (χ3v) is 5.48. The van der Waals surface area contributed by atoms with Crippen LogP contribution in [0.25, 0.3) is 0 Å². The molecule has 4 heteroatoms. The van der Waals surface area contributed by atoms with Gasteiger partial charge in [-0.25, -0.2) is 0 Å². The molecule has 0 radical (unpaired) electrons. The summed E-state index contributed by atoms with van der Waals surface area (Å²) in [5, 5.41) is 15.6. The second-order valence-corrected chi connectivity index (χ2v) is 7.97. The number of carbonyl (C=O) groups is 1. The summed E-state index contributed by atoms with van der Waals surface area (Å²) in [4.78, 5) is 12.6. The molecule has 1 aliphatic carbocycles. The number of benzene rings is 1. The summed E-state index contributed by atoms with van der Waals surface area (Å²) in [7, 11) is 0. The molecule has 1 fully saturated rings. The summed E-state index contributed by atoms with van der Waals surface area (Å²) >= 11 is 0. The van der Waals surface area contributed by atoms with Crippen LogP contribution >= 0.6 is 0 Å². The van der Waals surface area contributed by atoms with Crippen molar-refractivity contribution in [3.63, 3.8) is 0 Å². The van der Waals surface area contributed by atoms with E-state index in [1.54, 1.807) is 6.20 Å². The maximum absolute atomic E-state index is 12.6. The number of nitriles is 1. The Hall–Kier alpha value is -2.28. The number of hydrogen-bond donors (Lipinski definition) is 2. The van der Waals surface area contributed by atoms with E-state index in [2.05, 4.69) is 29.7 Å². The fourth-order valence-corrected chi connectivity index (χ4v) is 3.70. The minimum Gasteiger partial charge on any atom is -0.386 e. The maximum Gasteiger partial charge on any atom is 0.263 e. The smallest absolute Gasteiger partial charge is 0.263 e. The molecule has 1 aromatic rings. The Bertz CT molecular complexity index is 645. The van der Waals surface area contributed by atoms with E-state index in [1.165, 1.54) is 50.5 Å². The van der Waals surface area contributed by atoms with Gasteiger partial charge < -0.3 is 10.6 Å². The fourth-order valence-electron chi connectivity index (χ4n) is 3.70. The summed E-state index contributed by atoms with van der Waals surface area (Å²) in [6, 6.07) is 10.4. The van der Waals surface area contributed by atoms with Crippen molar-refractivity contribution in [2.24, 2.45) is 0 Å². The van der Waals surface area contributed by atoms with E-state index < -0.39 is 0 Å². The Morgan fingerprint density at radius 2 is 1.54 bits per heavy atom. The zero-order valence-electron chi connectivity index (χ0n) is 17.3. The lowest BCUT2D eigenvalue weighted by Gasteiger charge is -2.19. The first-order chi connectivity index (χ1) is 13.7. The largest absolute Gasteiger partial charge is 0.386 e. The average Bonchev–Trinajstić information content (AvgIpc) is 2.68. The topological polar surface area (TPSA) is 64.9 Å². The molecule has 152 valence electrons. The molecular formula is C24H35N3O. The number of nitrogens with zero attached hydrogens (tertiary/aromatic N) is 1. The van der Waals surface area contributed by atoms with Crippen molar-refractivity contribution >= 4 is 5.91 Å². The van der Waals surface area contributed by atoms with Gasteiger partial charge in [-0.15, -0.1) is 0 Å². The Labute approximate surface area is 170 Å². The van der Waals surface area contributed by atoms with Gasteiger partial charge in [0.25, 0.3) is 5.91 Å². The fraction of sp³-hybridized carbons (Fsp3) is 0.583. The molecule has 1 aliphatic rings. The molecule has 28 heavy (non-hydrogen) atoms. The van der Waals surface area contributed by atoms with Crippen LogP contribution in [0.3, 0.4) is 0 Å². The van der Waals surface area contributed by atoms with Crippen LogP contribution in [-0.4, -0.2) is 11.9 Å². The SMILES string of the molecule is Cc1ccc(CN/C=C(/C#N)C(=O)NC2CCCCCCCCCCC2)cc1. The Morgan fingerprint density at radius 1 is 1.00 bits per heavy atom. The standard InChI is InChI=1S/C24H35N3O/c1-20-13-15-21(16-14-20)18-26-19-22(17-25)24(28)27-23-11-9-7-5-3-2-4-6-8-10-12-23/h13-16,19,23,26H,2-12,18H2,1H3,(H,27,28)/b22-19-. The van der Waals surface area contributed by atoms with Crippen LogP contribution in [-0.2, 0) is 11.3 Å². The molecule has 4 nitrogen and oxygen atoms in total. The minimum atomic E-state index is -0.254. The van der Waals surface area contributed by atoms with Gasteiger partial charge in [-0.3, -0.25) is 4.79 Å². The normalized spacial score (nSPS) is 17.6. The van der Waals surface area contributed by atoms with Crippen LogP contribution in [0.1, 0.15) is 81.8 Å². The highest BCUT2D eigenvalue weighted by Gasteiger charge is 2.15. The summed E-state index contributed by atoms with van der Waals surface area (Å²) in [5.41, 5.74) is 2.49. The van der Waals surface area contributed by atoms with E-state index in [9.17, 15) is 10.1 Å². The van der Waals surface area contributed by atoms with E-state index in [0.29, 0.717) is 6.54 Å². The molecular weight excluding hydrogens is 346 g/mol. The van der Waals surface area contributed by atoms with Crippen LogP contribution < -0.4 is 10.6 Å². The molecule has 0 unspecified atom stereocenters. The Kier molecular flexibility index (Phi) is 10.2. The monoisotopic (exact) mass is 381 g/mol. The van der Waals surface area contributed by atoms with Crippen molar-refractivity contribution in [2.45, 2.75) is 90.1 Å². The molecule has 0 bridgehead atoms. The lowest BCUT2D eigenvalue weighted by molar-refractivity contribution is -0.117. The predicted molar refractivity (Wildman–Crippen MR) is 114 cm³/mol. The highest BCUT2D eigenvalue weighted by atomic mass is 16.1. The van der Waals surface area contributed by atoms with Crippen LogP contribution in [0.2, 0.25) is 0 Å². The predicted octanol–water partition coefficient (Wildman–Crippen LogP) is 5.28. The van der Waals surface area contributed by atoms with Gasteiger partial charge >= 0.3 is 0 Å². The zero-order valence-corrected chi connectivity index (χ0v) is 17.3. The number of carbonyl (C=O) groups excluding carboxylic acids is 1. The third kappa shape index (κ3) is 8.61. The lowest BCUT2D eigenvalue weighted by Crippen LogP contribution is -2.36. The second-order valence-electron chi connectivity index (χ2n) is 7.97. The highest BCUT2D eigenvalue weighted by molar-refractivity contribution is 5.97. The van der Waals surface area contributed by atoms with Crippen molar-refractivity contribution in [1.82, 2.24) is 10.6 Å². The Morgan fingerprint density at radius 3 is 2.07 bits per heavy atom. The van der Waals surface area contributed by atoms with E-state index in [1.807, 2.05) is 18.2 Å². The summed E-state index contributed by atoms with van der Waals surface area (Å²) in [6.45, 7) is 2.65. The molecule has 2 N–H and O–H groups in total. The lowest BCUT2D eigenvalue weighted by atomic mass is 9.98. The first-order valence-electron chi connectivity index (χ1n) is 10.9. The van der Waals surface area contributed by atoms with Gasteiger partial charge in [0.15, 0.2) is 0 Å². The van der Waals surface area contributed by atoms with Gasteiger partial charge in [-0.2, -0.15) is 5.26 Å². The quantitative estimate of drug-likeness (QED) is 0.538. The molecule has 1 saturated carbocycles. The van der Waals surface area contributed by atoms with Crippen molar-refractivity contribution in [3.8, 4) is 6.07 Å². The highest BCUT2D eigenvalue weighted by Crippen LogP contribution is 2.17. The zero-order chi connectivity index (χ0) is 20.0. The molecule has 0 saturated heterocycles. The summed E-state index contributed by atoms with van der Waals surface area (Å²) in [5.74, 6) is -0.254. The van der Waals surface area contributed by atoms with Crippen molar-refractivity contribution in [1.29, 1.82) is 5.26 Å². The summed E-state index contributed by atoms with van der Waals surface area (Å²) in [6.07, 6.45) is 15.0. The van der Waals surface area contributed by atoms with Gasteiger partial charge in [0.1, 0.15) is 11.6 Å². The van der Waals surface area contributed by atoms with Crippen LogP contribution in [0.4, 0.5) is 0 Å². The van der Waals surface area contributed by atoms with Crippen LogP contribution in [0.5, 0.6) is 0 Å². The van der Waals surface area contributed by atoms with Crippen LogP contribution in [0, 0.1) is 18.3 Å². The molecule has 1 amide bonds. The first-order valence-corrected chi connectivity index (χ1v) is 10.9. The third-order valence-electron chi connectivity index (χ3n) is 5.48. The van der Waals surface area contributed by atoms with E-state index >= 15 is 0 Å². The number of rotatable bonds is 5. The molecule has 0 aromatic heterocycles. The average molecular weight is 382 g/mol. The van der Waals surface area contributed by atoms with E-state index in [0.717, 1.165) is 31.2 Å². The second kappa shape index (κ2) is 13.0. The molecule has 2 rings (SSSR count). The molecule has 0 heterocycles. The molecule has 0 spiro atoms. The van der Waals surface area contributed by atoms with Gasteiger partial charge in [0, 0.05) is 18.8 Å². The maximum atomic E-state index is 12.6. The van der Waals surface area contributed by atoms with Gasteiger partial charge in [-0.1, -0.05) is 87.6 Å². The van der Waals surface area contributed by atoms with Crippen LogP contribution in [0.15, 0.2) is 36.0 Å². The Balaban J connectivity index is 1.85. The molecule has 1 aromatic carbocycles. The number of aryl methyl sites for hydroxylation is 1.